The van der Waals surface area contributed by atoms with Gasteiger partial charge < -0.3 is 29.3 Å². The molecular formula is C40H46F2N8O4. The van der Waals surface area contributed by atoms with Gasteiger partial charge in [-0.15, -0.1) is 0 Å². The molecule has 2 bridgehead atoms. The van der Waals surface area contributed by atoms with Crippen LogP contribution in [0, 0.1) is 5.82 Å². The zero-order chi connectivity index (χ0) is 36.7. The van der Waals surface area contributed by atoms with Gasteiger partial charge in [0.2, 0.25) is 0 Å². The molecule has 8 heterocycles. The molecule has 284 valence electrons. The van der Waals surface area contributed by atoms with E-state index in [-0.39, 0.29) is 41.2 Å². The lowest BCUT2D eigenvalue weighted by Gasteiger charge is -2.35. The van der Waals surface area contributed by atoms with Gasteiger partial charge in [-0.25, -0.2) is 8.78 Å². The van der Waals surface area contributed by atoms with Crippen molar-refractivity contribution in [3.63, 3.8) is 0 Å². The van der Waals surface area contributed by atoms with E-state index in [1.807, 2.05) is 22.6 Å². The summed E-state index contributed by atoms with van der Waals surface area (Å²) in [5, 5.41) is 17.2. The fourth-order valence-electron chi connectivity index (χ4n) is 10.2. The quantitative estimate of drug-likeness (QED) is 0.285. The first kappa shape index (κ1) is 34.0. The van der Waals surface area contributed by atoms with Crippen LogP contribution in [0.25, 0.3) is 10.8 Å². The van der Waals surface area contributed by atoms with E-state index in [9.17, 15) is 14.3 Å². The number of fused-ring (bicyclic) bond motifs is 6. The Morgan fingerprint density at radius 3 is 2.81 bits per heavy atom. The number of alkyl halides is 1. The van der Waals surface area contributed by atoms with Crippen molar-refractivity contribution < 1.29 is 28.2 Å². The predicted molar refractivity (Wildman–Crippen MR) is 197 cm³/mol. The molecule has 4 saturated heterocycles. The second-order valence-electron chi connectivity index (χ2n) is 16.1. The molecule has 0 saturated carbocycles. The number of hydrogen-bond donors (Lipinski definition) is 1. The Hall–Kier alpha value is -4.56. The molecule has 2 unspecified atom stereocenters. The number of morpholine rings is 1. The lowest BCUT2D eigenvalue weighted by molar-refractivity contribution is 0.0255. The van der Waals surface area contributed by atoms with E-state index in [2.05, 4.69) is 14.7 Å². The molecule has 14 heteroatoms. The molecule has 0 radical (unpaired) electrons. The molecule has 2 aromatic heterocycles. The molecular weight excluding hydrogens is 694 g/mol. The summed E-state index contributed by atoms with van der Waals surface area (Å²) in [5.41, 5.74) is 4.27. The number of carbonyl (C=O) groups excluding carboxylic acids is 1. The van der Waals surface area contributed by atoms with Crippen molar-refractivity contribution in [2.45, 2.75) is 95.4 Å². The van der Waals surface area contributed by atoms with Gasteiger partial charge in [0.05, 0.1) is 48.8 Å². The van der Waals surface area contributed by atoms with Gasteiger partial charge in [0, 0.05) is 61.8 Å². The van der Waals surface area contributed by atoms with Gasteiger partial charge in [0.25, 0.3) is 5.91 Å². The zero-order valence-electron chi connectivity index (χ0n) is 30.6. The van der Waals surface area contributed by atoms with Crippen molar-refractivity contribution in [2.24, 2.45) is 0 Å². The number of aromatic nitrogens is 4. The van der Waals surface area contributed by atoms with Gasteiger partial charge in [-0.1, -0.05) is 13.0 Å². The average molecular weight is 741 g/mol. The van der Waals surface area contributed by atoms with Crippen LogP contribution in [0.5, 0.6) is 11.8 Å². The summed E-state index contributed by atoms with van der Waals surface area (Å²) in [6.07, 6.45) is 4.42. The summed E-state index contributed by atoms with van der Waals surface area (Å²) in [7, 11) is 0. The van der Waals surface area contributed by atoms with Crippen molar-refractivity contribution in [3.8, 4) is 11.8 Å². The van der Waals surface area contributed by atoms with Crippen LogP contribution >= 0.6 is 0 Å². The highest BCUT2D eigenvalue weighted by Crippen LogP contribution is 2.42. The van der Waals surface area contributed by atoms with Gasteiger partial charge in [0.15, 0.2) is 5.69 Å². The standard InChI is InChI=1S/C40H46F2N8O4/c1-2-30-32(42)6-5-24-13-28(51)16-35(36(24)30)46-12-7-31-34(21-46)43-39(54-23-40-8-3-10-48(40)18-25(41)17-40)44-37(31)47-9-4-11-50-26(19-47)15-33(45-50)38(52)49-20-29-14-27(49)22-53-29/h5-6,13,15-16,25,27,29,51H,2-4,7-12,14,17-23H2,1H3/t25-,27?,29?,40+/m1/s1. The molecule has 4 fully saturated rings. The lowest BCUT2D eigenvalue weighted by Crippen LogP contribution is -2.43. The monoisotopic (exact) mass is 740 g/mol. The number of rotatable bonds is 7. The highest BCUT2D eigenvalue weighted by Gasteiger charge is 2.49. The van der Waals surface area contributed by atoms with Crippen LogP contribution in [0.1, 0.15) is 72.0 Å². The van der Waals surface area contributed by atoms with Crippen LogP contribution in [0.2, 0.25) is 0 Å². The Labute approximate surface area is 312 Å². The lowest BCUT2D eigenvalue weighted by atomic mass is 9.95. The summed E-state index contributed by atoms with van der Waals surface area (Å²) >= 11 is 0. The number of phenols is 1. The van der Waals surface area contributed by atoms with Crippen LogP contribution in [0.4, 0.5) is 20.3 Å². The van der Waals surface area contributed by atoms with Crippen molar-refractivity contribution >= 4 is 28.2 Å². The maximum atomic E-state index is 15.2. The Balaban J connectivity index is 0.996. The fourth-order valence-corrected chi connectivity index (χ4v) is 10.2. The number of benzene rings is 2. The number of phenolic OH excluding ortho intramolecular Hbond substituents is 1. The largest absolute Gasteiger partial charge is 0.508 e. The van der Waals surface area contributed by atoms with Crippen molar-refractivity contribution in [1.29, 1.82) is 0 Å². The number of nitrogens with zero attached hydrogens (tertiary/aromatic N) is 8. The highest BCUT2D eigenvalue weighted by molar-refractivity contribution is 5.98. The maximum Gasteiger partial charge on any atom is 0.318 e. The second kappa shape index (κ2) is 13.0. The molecule has 4 atom stereocenters. The topological polar surface area (TPSA) is 112 Å². The van der Waals surface area contributed by atoms with Gasteiger partial charge >= 0.3 is 6.01 Å². The summed E-state index contributed by atoms with van der Waals surface area (Å²) in [6, 6.07) is 8.91. The molecule has 1 N–H and O–H groups in total. The fraction of sp³-hybridized carbons (Fsp3) is 0.550. The molecule has 0 aliphatic carbocycles. The van der Waals surface area contributed by atoms with E-state index < -0.39 is 6.17 Å². The number of aryl methyl sites for hydroxylation is 2. The normalized spacial score (nSPS) is 26.4. The number of hydrogen-bond acceptors (Lipinski definition) is 10. The number of aromatic hydroxyl groups is 1. The summed E-state index contributed by atoms with van der Waals surface area (Å²) in [5.74, 6) is 0.616. The molecule has 2 aromatic carbocycles. The number of amides is 1. The highest BCUT2D eigenvalue weighted by atomic mass is 19.1. The molecule has 0 spiro atoms. The first-order chi connectivity index (χ1) is 26.2. The van der Waals surface area contributed by atoms with Crippen LogP contribution in [0.15, 0.2) is 30.3 Å². The molecule has 54 heavy (non-hydrogen) atoms. The third-order valence-corrected chi connectivity index (χ3v) is 12.8. The number of likely N-dealkylation sites (tertiary alicyclic amines) is 1. The first-order valence-corrected chi connectivity index (χ1v) is 19.6. The Kier molecular flexibility index (Phi) is 8.20. The van der Waals surface area contributed by atoms with Gasteiger partial charge in [-0.05, 0) is 74.2 Å². The summed E-state index contributed by atoms with van der Waals surface area (Å²) < 4.78 is 44.0. The van der Waals surface area contributed by atoms with E-state index in [0.717, 1.165) is 78.0 Å². The molecule has 4 aromatic rings. The van der Waals surface area contributed by atoms with E-state index in [4.69, 9.17) is 24.5 Å². The predicted octanol–water partition coefficient (Wildman–Crippen LogP) is 4.77. The van der Waals surface area contributed by atoms with Gasteiger partial charge in [0.1, 0.15) is 30.2 Å². The molecule has 1 amide bonds. The summed E-state index contributed by atoms with van der Waals surface area (Å²) in [6.45, 7) is 7.71. The molecule has 6 aliphatic heterocycles. The van der Waals surface area contributed by atoms with Crippen LogP contribution in [0.3, 0.4) is 0 Å². The Bertz CT molecular complexity index is 2150. The number of halogens is 2. The average Bonchev–Trinajstić information content (AvgIpc) is 4.00. The SMILES string of the molecule is CCc1c(F)ccc2cc(O)cc(N3CCc4c(nc(OC[C@@]56CCCN5C[C@H](F)C6)nc4N4CCCn5nc(C(=O)N6CC7CC6CO7)cc5C4)C3)c12. The second-order valence-corrected chi connectivity index (χ2v) is 16.1. The van der Waals surface area contributed by atoms with E-state index >= 15 is 4.39 Å². The minimum atomic E-state index is -0.870. The first-order valence-electron chi connectivity index (χ1n) is 19.6. The number of ether oxygens (including phenoxy) is 2. The van der Waals surface area contributed by atoms with E-state index in [1.54, 1.807) is 18.2 Å². The van der Waals surface area contributed by atoms with Crippen LogP contribution < -0.4 is 14.5 Å². The van der Waals surface area contributed by atoms with Crippen LogP contribution in [-0.4, -0.2) is 110 Å². The van der Waals surface area contributed by atoms with Gasteiger partial charge in [-0.3, -0.25) is 14.4 Å². The smallest absolute Gasteiger partial charge is 0.318 e. The Morgan fingerprint density at radius 2 is 1.98 bits per heavy atom. The van der Waals surface area contributed by atoms with Crippen molar-refractivity contribution in [3.05, 3.63) is 64.4 Å². The third kappa shape index (κ3) is 5.66. The number of anilines is 2. The number of carbonyl (C=O) groups is 1. The van der Waals surface area contributed by atoms with Crippen molar-refractivity contribution in [2.75, 3.05) is 55.7 Å². The van der Waals surface area contributed by atoms with E-state index in [1.165, 1.54) is 6.07 Å². The Morgan fingerprint density at radius 1 is 1.07 bits per heavy atom. The van der Waals surface area contributed by atoms with Crippen molar-refractivity contribution in [1.82, 2.24) is 29.5 Å². The minimum absolute atomic E-state index is 0.0403. The van der Waals surface area contributed by atoms with Crippen LogP contribution in [-0.2, 0) is 37.2 Å². The third-order valence-electron chi connectivity index (χ3n) is 12.8. The zero-order valence-corrected chi connectivity index (χ0v) is 30.6. The maximum absolute atomic E-state index is 15.2. The minimum Gasteiger partial charge on any atom is -0.508 e. The van der Waals surface area contributed by atoms with Gasteiger partial charge in [-0.2, -0.15) is 15.1 Å². The summed E-state index contributed by atoms with van der Waals surface area (Å²) in [4.78, 5) is 32.3. The molecule has 6 aliphatic rings. The van der Waals surface area contributed by atoms with E-state index in [0.29, 0.717) is 83.0 Å². The molecule has 10 rings (SSSR count). The molecule has 12 nitrogen and oxygen atoms in total.